The van der Waals surface area contributed by atoms with Gasteiger partial charge in [0, 0.05) is 19.5 Å². The van der Waals surface area contributed by atoms with Crippen LogP contribution in [0.3, 0.4) is 0 Å². The minimum absolute atomic E-state index is 0.704. The van der Waals surface area contributed by atoms with Gasteiger partial charge in [-0.15, -0.1) is 0 Å². The zero-order valence-corrected chi connectivity index (χ0v) is 14.1. The normalized spacial score (nSPS) is 13.2. The number of nitrogens with one attached hydrogen (secondary N) is 1. The van der Waals surface area contributed by atoms with E-state index in [1.165, 1.54) is 5.56 Å². The molecule has 0 fully saturated rings. The number of ether oxygens (including phenoxy) is 4. The lowest BCUT2D eigenvalue weighted by atomic mass is 10.1. The van der Waals surface area contributed by atoms with Gasteiger partial charge in [0.1, 0.15) is 0 Å². The van der Waals surface area contributed by atoms with Crippen molar-refractivity contribution in [2.45, 2.75) is 19.5 Å². The van der Waals surface area contributed by atoms with Crippen molar-refractivity contribution in [3.8, 4) is 23.0 Å². The Kier molecular flexibility index (Phi) is 5.43. The van der Waals surface area contributed by atoms with E-state index >= 15 is 0 Å². The molecule has 1 aliphatic rings. The average molecular weight is 329 g/mol. The van der Waals surface area contributed by atoms with Crippen molar-refractivity contribution in [1.82, 2.24) is 5.32 Å². The first kappa shape index (κ1) is 16.5. The second-order valence-electron chi connectivity index (χ2n) is 5.62. The molecule has 2 aromatic carbocycles. The fourth-order valence-corrected chi connectivity index (χ4v) is 2.66. The Balaban J connectivity index is 1.59. The molecule has 0 amide bonds. The van der Waals surface area contributed by atoms with Gasteiger partial charge in [0.15, 0.2) is 23.0 Å². The Labute approximate surface area is 142 Å². The second-order valence-corrected chi connectivity index (χ2v) is 5.62. The van der Waals surface area contributed by atoms with Crippen molar-refractivity contribution in [3.05, 3.63) is 47.5 Å². The van der Waals surface area contributed by atoms with E-state index in [1.54, 1.807) is 14.2 Å². The van der Waals surface area contributed by atoms with Crippen LogP contribution >= 0.6 is 0 Å². The van der Waals surface area contributed by atoms with E-state index in [9.17, 15) is 0 Å². The summed E-state index contributed by atoms with van der Waals surface area (Å²) in [5, 5.41) is 3.44. The van der Waals surface area contributed by atoms with Gasteiger partial charge in [-0.05, 0) is 35.4 Å². The first-order valence-electron chi connectivity index (χ1n) is 8.10. The van der Waals surface area contributed by atoms with Crippen molar-refractivity contribution in [2.75, 3.05) is 27.4 Å². The fourth-order valence-electron chi connectivity index (χ4n) is 2.66. The minimum Gasteiger partial charge on any atom is -0.493 e. The smallest absolute Gasteiger partial charge is 0.161 e. The maximum absolute atomic E-state index is 5.73. The van der Waals surface area contributed by atoms with Gasteiger partial charge in [-0.1, -0.05) is 12.1 Å². The summed E-state index contributed by atoms with van der Waals surface area (Å²) in [6.45, 7) is 2.92. The zero-order chi connectivity index (χ0) is 16.8. The van der Waals surface area contributed by atoms with Gasteiger partial charge in [-0.25, -0.2) is 0 Å². The summed E-state index contributed by atoms with van der Waals surface area (Å²) in [4.78, 5) is 0. The summed E-state index contributed by atoms with van der Waals surface area (Å²) < 4.78 is 22.0. The Morgan fingerprint density at radius 1 is 0.833 bits per heavy atom. The van der Waals surface area contributed by atoms with Crippen LogP contribution in [-0.2, 0) is 13.1 Å². The number of benzene rings is 2. The molecule has 5 heteroatoms. The molecule has 5 nitrogen and oxygen atoms in total. The number of hydrogen-bond donors (Lipinski definition) is 1. The third-order valence-corrected chi connectivity index (χ3v) is 3.92. The van der Waals surface area contributed by atoms with Gasteiger partial charge >= 0.3 is 0 Å². The molecule has 0 radical (unpaired) electrons. The van der Waals surface area contributed by atoms with Crippen LogP contribution in [0.1, 0.15) is 17.5 Å². The Morgan fingerprint density at radius 2 is 1.50 bits per heavy atom. The van der Waals surface area contributed by atoms with E-state index in [1.807, 2.05) is 30.3 Å². The van der Waals surface area contributed by atoms with E-state index < -0.39 is 0 Å². The molecule has 1 N–H and O–H groups in total. The molecule has 1 heterocycles. The van der Waals surface area contributed by atoms with Crippen molar-refractivity contribution >= 4 is 0 Å². The van der Waals surface area contributed by atoms with E-state index in [0.717, 1.165) is 48.1 Å². The van der Waals surface area contributed by atoms with Crippen LogP contribution in [0.4, 0.5) is 0 Å². The fraction of sp³-hybridized carbons (Fsp3) is 0.368. The van der Waals surface area contributed by atoms with E-state index in [4.69, 9.17) is 18.9 Å². The number of hydrogen-bond acceptors (Lipinski definition) is 5. The summed E-state index contributed by atoms with van der Waals surface area (Å²) in [5.74, 6) is 3.14. The zero-order valence-electron chi connectivity index (χ0n) is 14.1. The largest absolute Gasteiger partial charge is 0.493 e. The van der Waals surface area contributed by atoms with Gasteiger partial charge in [0.25, 0.3) is 0 Å². The summed E-state index contributed by atoms with van der Waals surface area (Å²) in [5.41, 5.74) is 2.31. The van der Waals surface area contributed by atoms with Crippen molar-refractivity contribution in [3.63, 3.8) is 0 Å². The lowest BCUT2D eigenvalue weighted by molar-refractivity contribution is 0.297. The first-order valence-corrected chi connectivity index (χ1v) is 8.10. The third-order valence-electron chi connectivity index (χ3n) is 3.92. The minimum atomic E-state index is 0.704. The van der Waals surface area contributed by atoms with Crippen molar-refractivity contribution in [1.29, 1.82) is 0 Å². The maximum atomic E-state index is 5.73. The van der Waals surface area contributed by atoms with Gasteiger partial charge < -0.3 is 24.3 Å². The summed E-state index contributed by atoms with van der Waals surface area (Å²) in [7, 11) is 3.28. The molecule has 0 saturated heterocycles. The van der Waals surface area contributed by atoms with E-state index in [-0.39, 0.29) is 0 Å². The monoisotopic (exact) mass is 329 g/mol. The Bertz CT molecular complexity index is 687. The van der Waals surface area contributed by atoms with Crippen LogP contribution in [0.25, 0.3) is 0 Å². The average Bonchev–Trinajstić information content (AvgIpc) is 2.86. The molecule has 3 rings (SSSR count). The highest BCUT2D eigenvalue weighted by Gasteiger charge is 2.10. The topological polar surface area (TPSA) is 49.0 Å². The summed E-state index contributed by atoms with van der Waals surface area (Å²) >= 11 is 0. The van der Waals surface area contributed by atoms with E-state index in [2.05, 4.69) is 11.4 Å². The number of methoxy groups -OCH3 is 2. The van der Waals surface area contributed by atoms with Crippen molar-refractivity contribution in [2.24, 2.45) is 0 Å². The summed E-state index contributed by atoms with van der Waals surface area (Å²) in [6, 6.07) is 12.0. The van der Waals surface area contributed by atoms with Gasteiger partial charge in [0.05, 0.1) is 27.4 Å². The van der Waals surface area contributed by atoms with Crippen LogP contribution in [-0.4, -0.2) is 27.4 Å². The Morgan fingerprint density at radius 3 is 2.25 bits per heavy atom. The van der Waals surface area contributed by atoms with Gasteiger partial charge in [0.2, 0.25) is 0 Å². The highest BCUT2D eigenvalue weighted by Crippen LogP contribution is 2.30. The molecule has 128 valence electrons. The molecule has 1 aliphatic heterocycles. The third kappa shape index (κ3) is 3.92. The molecular formula is C19H23NO4. The summed E-state index contributed by atoms with van der Waals surface area (Å²) in [6.07, 6.45) is 0.918. The second kappa shape index (κ2) is 7.93. The lowest BCUT2D eigenvalue weighted by Crippen LogP contribution is -2.13. The molecule has 0 unspecified atom stereocenters. The predicted octanol–water partition coefficient (Wildman–Crippen LogP) is 3.15. The SMILES string of the molecule is COc1ccc(CNCc2ccc3c(c2)OCCCO3)cc1OC. The molecule has 0 bridgehead atoms. The molecule has 0 atom stereocenters. The predicted molar refractivity (Wildman–Crippen MR) is 92.1 cm³/mol. The standard InChI is InChI=1S/C19H23NO4/c1-21-16-6-4-14(10-18(16)22-2)12-20-13-15-5-7-17-19(11-15)24-9-3-8-23-17/h4-7,10-11,20H,3,8-9,12-13H2,1-2H3. The van der Waals surface area contributed by atoms with Gasteiger partial charge in [-0.3, -0.25) is 0 Å². The molecule has 0 saturated carbocycles. The first-order chi connectivity index (χ1) is 11.8. The molecule has 24 heavy (non-hydrogen) atoms. The quantitative estimate of drug-likeness (QED) is 0.882. The number of rotatable bonds is 6. The molecule has 0 aliphatic carbocycles. The number of fused-ring (bicyclic) bond motifs is 1. The Hall–Kier alpha value is -2.40. The molecule has 0 spiro atoms. The van der Waals surface area contributed by atoms with Crippen LogP contribution < -0.4 is 24.3 Å². The van der Waals surface area contributed by atoms with Crippen LogP contribution in [0.15, 0.2) is 36.4 Å². The molecular weight excluding hydrogens is 306 g/mol. The maximum Gasteiger partial charge on any atom is 0.161 e. The molecule has 2 aromatic rings. The highest BCUT2D eigenvalue weighted by atomic mass is 16.5. The van der Waals surface area contributed by atoms with Crippen LogP contribution in [0, 0.1) is 0 Å². The van der Waals surface area contributed by atoms with Crippen LogP contribution in [0.2, 0.25) is 0 Å². The lowest BCUT2D eigenvalue weighted by Gasteiger charge is -2.12. The molecule has 0 aromatic heterocycles. The van der Waals surface area contributed by atoms with Gasteiger partial charge in [-0.2, -0.15) is 0 Å². The van der Waals surface area contributed by atoms with E-state index in [0.29, 0.717) is 13.2 Å². The van der Waals surface area contributed by atoms with Crippen molar-refractivity contribution < 1.29 is 18.9 Å². The highest BCUT2D eigenvalue weighted by molar-refractivity contribution is 5.44. The van der Waals surface area contributed by atoms with Crippen LogP contribution in [0.5, 0.6) is 23.0 Å².